The van der Waals surface area contributed by atoms with Crippen LogP contribution in [0.25, 0.3) is 0 Å². The van der Waals surface area contributed by atoms with Crippen molar-refractivity contribution in [3.63, 3.8) is 0 Å². The Balaban J connectivity index is 0.000000589. The molecule has 0 aromatic rings. The first kappa shape index (κ1) is 38.8. The molecule has 10 N–H and O–H groups in total. The standard InChI is InChI=1S/C13H26N2.2C9H20N4/c1(2-12-4-8-14-9-5-12)3-13-6-10-15-11-7-13;2*1-4-5-12-9(8(10)11)13-6-7(2)3/h12-15H,1-11H2;2*7H,4-6H2,1-3H3,(H3,10,11)(H,12,13). The van der Waals surface area contributed by atoms with Crippen LogP contribution in [0.3, 0.4) is 0 Å². The number of aliphatic imine (C=N–C) groups is 2. The molecule has 2 heterocycles. The maximum Gasteiger partial charge on any atom is 0.163 e. The lowest BCUT2D eigenvalue weighted by atomic mass is 9.87. The van der Waals surface area contributed by atoms with Crippen LogP contribution < -0.4 is 32.7 Å². The second-order valence-corrected chi connectivity index (χ2v) is 12.2. The van der Waals surface area contributed by atoms with E-state index in [1.54, 1.807) is 0 Å². The highest BCUT2D eigenvalue weighted by atomic mass is 15.0. The smallest absolute Gasteiger partial charge is 0.163 e. The molecular formula is C31H66N10. The first-order chi connectivity index (χ1) is 19.6. The van der Waals surface area contributed by atoms with Gasteiger partial charge in [-0.15, -0.1) is 0 Å². The summed E-state index contributed by atoms with van der Waals surface area (Å²) in [7, 11) is 0. The van der Waals surface area contributed by atoms with Crippen molar-refractivity contribution in [1.82, 2.24) is 21.3 Å². The molecular weight excluding hydrogens is 512 g/mol. The maximum atomic E-state index is 7.26. The molecule has 0 spiro atoms. The van der Waals surface area contributed by atoms with Crippen LogP contribution in [0, 0.1) is 34.5 Å². The van der Waals surface area contributed by atoms with E-state index in [2.05, 4.69) is 58.9 Å². The van der Waals surface area contributed by atoms with Crippen molar-refractivity contribution in [1.29, 1.82) is 10.8 Å². The van der Waals surface area contributed by atoms with E-state index in [9.17, 15) is 0 Å². The molecule has 0 atom stereocenters. The fourth-order valence-electron chi connectivity index (χ4n) is 4.56. The molecule has 240 valence electrons. The van der Waals surface area contributed by atoms with Gasteiger partial charge in [0.1, 0.15) is 0 Å². The zero-order valence-electron chi connectivity index (χ0n) is 27.4. The number of nitrogens with one attached hydrogen (secondary N) is 6. The fourth-order valence-corrected chi connectivity index (χ4v) is 4.56. The summed E-state index contributed by atoms with van der Waals surface area (Å²) >= 11 is 0. The van der Waals surface area contributed by atoms with Crippen molar-refractivity contribution in [3.8, 4) is 0 Å². The summed E-state index contributed by atoms with van der Waals surface area (Å²) in [6.07, 6.45) is 12.1. The van der Waals surface area contributed by atoms with Crippen LogP contribution in [0.5, 0.6) is 0 Å². The van der Waals surface area contributed by atoms with Crippen LogP contribution in [0.1, 0.15) is 99.3 Å². The van der Waals surface area contributed by atoms with E-state index in [0.717, 1.165) is 50.9 Å². The summed E-state index contributed by atoms with van der Waals surface area (Å²) in [4.78, 5) is 8.34. The van der Waals surface area contributed by atoms with E-state index in [4.69, 9.17) is 22.3 Å². The number of hydrogen-bond acceptors (Lipinski definition) is 6. The normalized spacial score (nSPS) is 16.9. The van der Waals surface area contributed by atoms with Gasteiger partial charge >= 0.3 is 0 Å². The Kier molecular flexibility index (Phi) is 24.1. The van der Waals surface area contributed by atoms with Crippen molar-refractivity contribution < 1.29 is 0 Å². The molecule has 0 aromatic carbocycles. The van der Waals surface area contributed by atoms with Gasteiger partial charge in [0, 0.05) is 26.2 Å². The predicted molar refractivity (Wildman–Crippen MR) is 180 cm³/mol. The minimum absolute atomic E-state index is 0.0223. The zero-order chi connectivity index (χ0) is 30.9. The van der Waals surface area contributed by atoms with Crippen LogP contribution in [0.2, 0.25) is 0 Å². The summed E-state index contributed by atoms with van der Waals surface area (Å²) in [6.45, 7) is 20.6. The first-order valence-electron chi connectivity index (χ1n) is 16.3. The Morgan fingerprint density at radius 3 is 1.32 bits per heavy atom. The molecule has 0 radical (unpaired) electrons. The van der Waals surface area contributed by atoms with E-state index in [1.165, 1.54) is 71.1 Å². The largest absolute Gasteiger partial charge is 0.381 e. The third-order valence-electron chi connectivity index (χ3n) is 6.99. The monoisotopic (exact) mass is 579 g/mol. The lowest BCUT2D eigenvalue weighted by Crippen LogP contribution is -2.38. The molecule has 2 fully saturated rings. The Bertz CT molecular complexity index is 660. The van der Waals surface area contributed by atoms with Crippen LogP contribution in [0.4, 0.5) is 0 Å². The summed E-state index contributed by atoms with van der Waals surface area (Å²) in [6, 6.07) is 0. The van der Waals surface area contributed by atoms with E-state index < -0.39 is 0 Å². The molecule has 0 aliphatic carbocycles. The highest BCUT2D eigenvalue weighted by Crippen LogP contribution is 2.23. The van der Waals surface area contributed by atoms with Gasteiger partial charge in [0.15, 0.2) is 23.3 Å². The molecule has 10 heteroatoms. The third kappa shape index (κ3) is 23.1. The third-order valence-corrected chi connectivity index (χ3v) is 6.99. The average Bonchev–Trinajstić information content (AvgIpc) is 2.94. The van der Waals surface area contributed by atoms with E-state index in [1.807, 2.05) is 13.8 Å². The Morgan fingerprint density at radius 1 is 0.707 bits per heavy atom. The topological polar surface area (TPSA) is 173 Å². The SMILES string of the molecule is C(CC1CCNCC1)CC1CCNCC1.CCCN=C(NCC(C)C)C(=N)N.CCCN=C(NCC(C)C)C(=N)N. The quantitative estimate of drug-likeness (QED) is 0.128. The molecule has 0 unspecified atom stereocenters. The molecule has 2 saturated heterocycles. The number of nitrogens with two attached hydrogens (primary N) is 2. The van der Waals surface area contributed by atoms with Gasteiger partial charge in [-0.25, -0.2) is 0 Å². The number of hydrogen-bond donors (Lipinski definition) is 8. The number of rotatable bonds is 12. The van der Waals surface area contributed by atoms with Gasteiger partial charge in [-0.3, -0.25) is 20.8 Å². The van der Waals surface area contributed by atoms with Gasteiger partial charge in [0.05, 0.1) is 0 Å². The summed E-state index contributed by atoms with van der Waals surface area (Å²) < 4.78 is 0. The van der Waals surface area contributed by atoms with Gasteiger partial charge < -0.3 is 32.7 Å². The van der Waals surface area contributed by atoms with Crippen molar-refractivity contribution in [2.75, 3.05) is 52.4 Å². The molecule has 2 aliphatic heterocycles. The molecule has 41 heavy (non-hydrogen) atoms. The van der Waals surface area contributed by atoms with Crippen LogP contribution >= 0.6 is 0 Å². The van der Waals surface area contributed by atoms with Crippen LogP contribution in [0.15, 0.2) is 9.98 Å². The van der Waals surface area contributed by atoms with E-state index >= 15 is 0 Å². The molecule has 0 amide bonds. The van der Waals surface area contributed by atoms with Gasteiger partial charge in [-0.05, 0) is 88.4 Å². The highest BCUT2D eigenvalue weighted by molar-refractivity contribution is 6.39. The summed E-state index contributed by atoms with van der Waals surface area (Å²) in [5.41, 5.74) is 10.7. The molecule has 2 aliphatic rings. The van der Waals surface area contributed by atoms with Gasteiger partial charge in [-0.2, -0.15) is 0 Å². The zero-order valence-corrected chi connectivity index (χ0v) is 27.4. The van der Waals surface area contributed by atoms with Gasteiger partial charge in [0.25, 0.3) is 0 Å². The van der Waals surface area contributed by atoms with Crippen LogP contribution in [-0.2, 0) is 0 Å². The van der Waals surface area contributed by atoms with E-state index in [0.29, 0.717) is 23.5 Å². The molecule has 0 saturated carbocycles. The molecule has 0 bridgehead atoms. The predicted octanol–water partition coefficient (Wildman–Crippen LogP) is 4.11. The summed E-state index contributed by atoms with van der Waals surface area (Å²) in [5.74, 6) is 4.23. The van der Waals surface area contributed by atoms with Gasteiger partial charge in [-0.1, -0.05) is 60.8 Å². The lowest BCUT2D eigenvalue weighted by Gasteiger charge is -2.25. The second kappa shape index (κ2) is 25.5. The number of amidine groups is 4. The van der Waals surface area contributed by atoms with Crippen molar-refractivity contribution in [2.45, 2.75) is 99.3 Å². The Labute approximate surface area is 252 Å². The average molecular weight is 579 g/mol. The number of piperidine rings is 2. The molecule has 2 rings (SSSR count). The number of nitrogens with zero attached hydrogens (tertiary/aromatic N) is 2. The highest BCUT2D eigenvalue weighted by Gasteiger charge is 2.15. The fraction of sp³-hybridized carbons (Fsp3) is 0.871. The summed E-state index contributed by atoms with van der Waals surface area (Å²) in [5, 5.41) is 27.5. The van der Waals surface area contributed by atoms with Crippen molar-refractivity contribution in [3.05, 3.63) is 0 Å². The minimum atomic E-state index is 0.0223. The van der Waals surface area contributed by atoms with Crippen molar-refractivity contribution in [2.24, 2.45) is 45.1 Å². The Hall–Kier alpha value is -2.20. The second-order valence-electron chi connectivity index (χ2n) is 12.2. The van der Waals surface area contributed by atoms with Gasteiger partial charge in [0.2, 0.25) is 0 Å². The van der Waals surface area contributed by atoms with E-state index in [-0.39, 0.29) is 11.7 Å². The maximum absolute atomic E-state index is 7.26. The lowest BCUT2D eigenvalue weighted by molar-refractivity contribution is 0.304. The first-order valence-corrected chi connectivity index (χ1v) is 16.3. The minimum Gasteiger partial charge on any atom is -0.381 e. The molecule has 10 nitrogen and oxygen atoms in total. The Morgan fingerprint density at radius 2 is 1.05 bits per heavy atom. The van der Waals surface area contributed by atoms with Crippen molar-refractivity contribution >= 4 is 23.3 Å². The van der Waals surface area contributed by atoms with Crippen LogP contribution in [-0.4, -0.2) is 75.7 Å². The molecule has 0 aromatic heterocycles.